The zero-order valence-electron chi connectivity index (χ0n) is 11.4. The summed E-state index contributed by atoms with van der Waals surface area (Å²) in [5.41, 5.74) is 0.521. The molecule has 0 aromatic heterocycles. The van der Waals surface area contributed by atoms with Crippen LogP contribution in [0.2, 0.25) is 0 Å². The molecule has 0 spiro atoms. The van der Waals surface area contributed by atoms with Gasteiger partial charge in [-0.25, -0.2) is 4.39 Å². The van der Waals surface area contributed by atoms with Crippen molar-refractivity contribution in [1.29, 1.82) is 0 Å². The lowest BCUT2D eigenvalue weighted by Crippen LogP contribution is -2.11. The molecule has 21 heavy (non-hydrogen) atoms. The maximum absolute atomic E-state index is 13.5. The van der Waals surface area contributed by atoms with Crippen LogP contribution < -0.4 is 9.47 Å². The highest BCUT2D eigenvalue weighted by Crippen LogP contribution is 2.22. The van der Waals surface area contributed by atoms with Gasteiger partial charge in [0.15, 0.2) is 17.3 Å². The van der Waals surface area contributed by atoms with Crippen molar-refractivity contribution in [3.05, 3.63) is 58.3 Å². The normalized spacial score (nSPS) is 10.2. The molecule has 2 rings (SSSR count). The summed E-state index contributed by atoms with van der Waals surface area (Å²) < 4.78 is 25.0. The van der Waals surface area contributed by atoms with Crippen LogP contribution in [0.3, 0.4) is 0 Å². The molecule has 0 N–H and O–H groups in total. The Morgan fingerprint density at radius 3 is 2.43 bits per heavy atom. The molecule has 2 aromatic rings. The Bertz CT molecular complexity index is 643. The van der Waals surface area contributed by atoms with Gasteiger partial charge in [-0.05, 0) is 37.3 Å². The van der Waals surface area contributed by atoms with E-state index in [1.807, 2.05) is 0 Å². The van der Waals surface area contributed by atoms with Crippen molar-refractivity contribution in [1.82, 2.24) is 0 Å². The van der Waals surface area contributed by atoms with E-state index in [9.17, 15) is 9.18 Å². The number of para-hydroxylation sites is 1. The predicted octanol–water partition coefficient (Wildman–Crippen LogP) is 4.25. The summed E-state index contributed by atoms with van der Waals surface area (Å²) in [6, 6.07) is 11.6. The maximum Gasteiger partial charge on any atom is 0.166 e. The first-order valence-corrected chi connectivity index (χ1v) is 7.18. The fourth-order valence-corrected chi connectivity index (χ4v) is 2.11. The third kappa shape index (κ3) is 4.29. The third-order valence-corrected chi connectivity index (χ3v) is 3.25. The highest BCUT2D eigenvalue weighted by atomic mass is 79.9. The number of hydrogen-bond donors (Lipinski definition) is 0. The van der Waals surface area contributed by atoms with E-state index in [1.165, 1.54) is 13.0 Å². The minimum absolute atomic E-state index is 0.0644. The summed E-state index contributed by atoms with van der Waals surface area (Å²) in [7, 11) is 0. The largest absolute Gasteiger partial charge is 0.489 e. The monoisotopic (exact) mass is 352 g/mol. The van der Waals surface area contributed by atoms with Crippen LogP contribution in [0, 0.1) is 5.82 Å². The lowest BCUT2D eigenvalue weighted by molar-refractivity contribution is 0.101. The second-order valence-corrected chi connectivity index (χ2v) is 5.24. The van der Waals surface area contributed by atoms with Gasteiger partial charge in [0.1, 0.15) is 19.0 Å². The van der Waals surface area contributed by atoms with Gasteiger partial charge in [-0.2, -0.15) is 0 Å². The molecule has 0 heterocycles. The number of halogens is 2. The molecular formula is C16H14BrFO3. The molecule has 2 aromatic carbocycles. The van der Waals surface area contributed by atoms with E-state index >= 15 is 0 Å². The molecule has 0 atom stereocenters. The third-order valence-electron chi connectivity index (χ3n) is 2.76. The first-order chi connectivity index (χ1) is 10.1. The Balaban J connectivity index is 1.89. The molecule has 0 unspecified atom stereocenters. The summed E-state index contributed by atoms with van der Waals surface area (Å²) in [6.07, 6.45) is 0. The van der Waals surface area contributed by atoms with Crippen LogP contribution in [-0.4, -0.2) is 19.0 Å². The number of hydrogen-bond acceptors (Lipinski definition) is 3. The molecule has 0 bridgehead atoms. The maximum atomic E-state index is 13.5. The lowest BCUT2D eigenvalue weighted by Gasteiger charge is -2.11. The molecular weight excluding hydrogens is 339 g/mol. The van der Waals surface area contributed by atoms with Gasteiger partial charge in [-0.1, -0.05) is 28.1 Å². The Morgan fingerprint density at radius 2 is 1.76 bits per heavy atom. The minimum Gasteiger partial charge on any atom is -0.489 e. The zero-order chi connectivity index (χ0) is 15.2. The second kappa shape index (κ2) is 7.22. The standard InChI is InChI=1S/C16H14BrFO3/c1-11(19)13-4-2-3-5-15(13)20-8-9-21-16-7-6-12(17)10-14(16)18/h2-7,10H,8-9H2,1H3. The SMILES string of the molecule is CC(=O)c1ccccc1OCCOc1ccc(Br)cc1F. The van der Waals surface area contributed by atoms with E-state index in [1.54, 1.807) is 36.4 Å². The van der Waals surface area contributed by atoms with Crippen molar-refractivity contribution >= 4 is 21.7 Å². The summed E-state index contributed by atoms with van der Waals surface area (Å²) in [4.78, 5) is 11.4. The average Bonchev–Trinajstić information content (AvgIpc) is 2.45. The Kier molecular flexibility index (Phi) is 5.33. The summed E-state index contributed by atoms with van der Waals surface area (Å²) >= 11 is 3.18. The van der Waals surface area contributed by atoms with Gasteiger partial charge in [0, 0.05) is 4.47 Å². The quantitative estimate of drug-likeness (QED) is 0.575. The second-order valence-electron chi connectivity index (χ2n) is 4.32. The number of carbonyl (C=O) groups is 1. The molecule has 0 amide bonds. The van der Waals surface area contributed by atoms with Gasteiger partial charge >= 0.3 is 0 Å². The Labute approximate surface area is 130 Å². The first kappa shape index (κ1) is 15.5. The van der Waals surface area contributed by atoms with Crippen molar-refractivity contribution in [2.24, 2.45) is 0 Å². The van der Waals surface area contributed by atoms with Gasteiger partial charge < -0.3 is 9.47 Å². The van der Waals surface area contributed by atoms with Crippen LogP contribution in [-0.2, 0) is 0 Å². The number of benzene rings is 2. The molecule has 0 aliphatic heterocycles. The van der Waals surface area contributed by atoms with Gasteiger partial charge in [0.05, 0.1) is 5.56 Å². The zero-order valence-corrected chi connectivity index (χ0v) is 13.0. The van der Waals surface area contributed by atoms with Crippen molar-refractivity contribution < 1.29 is 18.7 Å². The number of Topliss-reactive ketones (excluding diaryl/α,β-unsaturated/α-hetero) is 1. The highest BCUT2D eigenvalue weighted by Gasteiger charge is 2.08. The number of ether oxygens (including phenoxy) is 2. The van der Waals surface area contributed by atoms with Crippen molar-refractivity contribution in [3.63, 3.8) is 0 Å². The van der Waals surface area contributed by atoms with E-state index in [0.29, 0.717) is 15.8 Å². The Morgan fingerprint density at radius 1 is 1.10 bits per heavy atom. The molecule has 0 radical (unpaired) electrons. The van der Waals surface area contributed by atoms with Gasteiger partial charge in [0.2, 0.25) is 0 Å². The Hall–Kier alpha value is -1.88. The van der Waals surface area contributed by atoms with Gasteiger partial charge in [-0.3, -0.25) is 4.79 Å². The molecule has 0 aliphatic rings. The van der Waals surface area contributed by atoms with E-state index in [-0.39, 0.29) is 24.7 Å². The fraction of sp³-hybridized carbons (Fsp3) is 0.188. The molecule has 0 saturated carbocycles. The van der Waals surface area contributed by atoms with E-state index in [2.05, 4.69) is 15.9 Å². The smallest absolute Gasteiger partial charge is 0.166 e. The van der Waals surface area contributed by atoms with Gasteiger partial charge in [0.25, 0.3) is 0 Å². The van der Waals surface area contributed by atoms with Crippen molar-refractivity contribution in [2.45, 2.75) is 6.92 Å². The molecule has 0 saturated heterocycles. The predicted molar refractivity (Wildman–Crippen MR) is 81.5 cm³/mol. The number of carbonyl (C=O) groups excluding carboxylic acids is 1. The first-order valence-electron chi connectivity index (χ1n) is 6.38. The molecule has 0 fully saturated rings. The molecule has 0 aliphatic carbocycles. The summed E-state index contributed by atoms with van der Waals surface area (Å²) in [6.45, 7) is 1.89. The average molecular weight is 353 g/mol. The molecule has 5 heteroatoms. The van der Waals surface area contributed by atoms with Gasteiger partial charge in [-0.15, -0.1) is 0 Å². The molecule has 3 nitrogen and oxygen atoms in total. The topological polar surface area (TPSA) is 35.5 Å². The van der Waals surface area contributed by atoms with Crippen LogP contribution >= 0.6 is 15.9 Å². The van der Waals surface area contributed by atoms with Crippen molar-refractivity contribution in [3.8, 4) is 11.5 Å². The van der Waals surface area contributed by atoms with Crippen LogP contribution in [0.25, 0.3) is 0 Å². The number of ketones is 1. The summed E-state index contributed by atoms with van der Waals surface area (Å²) in [5, 5.41) is 0. The minimum atomic E-state index is -0.437. The van der Waals surface area contributed by atoms with E-state index < -0.39 is 5.82 Å². The van der Waals surface area contributed by atoms with Crippen molar-refractivity contribution in [2.75, 3.05) is 13.2 Å². The van der Waals surface area contributed by atoms with Crippen LogP contribution in [0.4, 0.5) is 4.39 Å². The van der Waals surface area contributed by atoms with Crippen LogP contribution in [0.15, 0.2) is 46.9 Å². The van der Waals surface area contributed by atoms with Crippen LogP contribution in [0.5, 0.6) is 11.5 Å². The molecule has 110 valence electrons. The number of rotatable bonds is 6. The van der Waals surface area contributed by atoms with E-state index in [0.717, 1.165) is 0 Å². The highest BCUT2D eigenvalue weighted by molar-refractivity contribution is 9.10. The van der Waals surface area contributed by atoms with E-state index in [4.69, 9.17) is 9.47 Å². The fourth-order valence-electron chi connectivity index (χ4n) is 1.78. The lowest BCUT2D eigenvalue weighted by atomic mass is 10.1. The summed E-state index contributed by atoms with van der Waals surface area (Å²) in [5.74, 6) is 0.172. The van der Waals surface area contributed by atoms with Crippen LogP contribution in [0.1, 0.15) is 17.3 Å².